The number of nitrogens with zero attached hydrogens (tertiary/aromatic N) is 2. The fourth-order valence-electron chi connectivity index (χ4n) is 3.70. The number of aliphatic carboxylic acids is 1. The number of likely N-dealkylation sites (tertiary alicyclic amines) is 1. The molecule has 180 valence electrons. The van der Waals surface area contributed by atoms with Crippen molar-refractivity contribution in [3.63, 3.8) is 0 Å². The standard InChI is InChI=1S/C18H20ClN3O4.C2HF3O2/c1-20-16(23)13-7-25-18(8-21(13)2)9-22(10-18)17(24)15-6-11-5-12(19)3-4-14(11)26-15;3-2(4,5)1(6)7/h3-6,13H,7-10H2,1-2H3,(H,20,23);(H,6,7). The molecule has 1 unspecified atom stereocenters. The molecule has 9 nitrogen and oxygen atoms in total. The van der Waals surface area contributed by atoms with Gasteiger partial charge in [0.15, 0.2) is 5.76 Å². The van der Waals surface area contributed by atoms with Crippen molar-refractivity contribution >= 4 is 40.4 Å². The van der Waals surface area contributed by atoms with Crippen molar-refractivity contribution < 1.29 is 41.8 Å². The smallest absolute Gasteiger partial charge is 0.475 e. The zero-order valence-corrected chi connectivity index (χ0v) is 18.4. The highest BCUT2D eigenvalue weighted by molar-refractivity contribution is 6.31. The van der Waals surface area contributed by atoms with E-state index < -0.39 is 17.7 Å². The van der Waals surface area contributed by atoms with Crippen LogP contribution in [0.2, 0.25) is 5.02 Å². The van der Waals surface area contributed by atoms with Crippen molar-refractivity contribution in [3.05, 3.63) is 35.0 Å². The molecule has 1 aromatic carbocycles. The number of carbonyl (C=O) groups excluding carboxylic acids is 2. The number of furan rings is 1. The van der Waals surface area contributed by atoms with Gasteiger partial charge in [-0.3, -0.25) is 14.5 Å². The van der Waals surface area contributed by atoms with Gasteiger partial charge >= 0.3 is 12.1 Å². The Morgan fingerprint density at radius 2 is 1.85 bits per heavy atom. The third kappa shape index (κ3) is 5.40. The largest absolute Gasteiger partial charge is 0.490 e. The number of carbonyl (C=O) groups is 3. The highest BCUT2D eigenvalue weighted by Crippen LogP contribution is 2.33. The molecule has 2 fully saturated rings. The Hall–Kier alpha value is -2.83. The maximum absolute atomic E-state index is 12.7. The number of hydrogen-bond donors (Lipinski definition) is 2. The van der Waals surface area contributed by atoms with Gasteiger partial charge in [-0.1, -0.05) is 11.6 Å². The average Bonchev–Trinajstić information content (AvgIpc) is 3.13. The van der Waals surface area contributed by atoms with Crippen LogP contribution < -0.4 is 5.32 Å². The normalized spacial score (nSPS) is 20.1. The van der Waals surface area contributed by atoms with Crippen LogP contribution in [0.5, 0.6) is 0 Å². The molecule has 2 aliphatic rings. The molecule has 1 atom stereocenters. The second-order valence-electron chi connectivity index (χ2n) is 7.80. The SMILES string of the molecule is CNC(=O)C1COC2(CN(C(=O)c3cc4cc(Cl)ccc4o3)C2)CN1C.O=C(O)C(F)(F)F. The van der Waals surface area contributed by atoms with Crippen LogP contribution in [0.3, 0.4) is 0 Å². The summed E-state index contributed by atoms with van der Waals surface area (Å²) in [4.78, 5) is 37.1. The maximum atomic E-state index is 12.7. The number of rotatable bonds is 2. The number of carboxylic acids is 1. The van der Waals surface area contributed by atoms with Gasteiger partial charge in [-0.25, -0.2) is 4.79 Å². The first-order valence-electron chi connectivity index (χ1n) is 9.69. The lowest BCUT2D eigenvalue weighted by atomic mass is 9.90. The van der Waals surface area contributed by atoms with E-state index in [9.17, 15) is 22.8 Å². The van der Waals surface area contributed by atoms with Crippen LogP contribution in [-0.2, 0) is 14.3 Å². The van der Waals surface area contributed by atoms with E-state index in [2.05, 4.69) is 5.32 Å². The maximum Gasteiger partial charge on any atom is 0.490 e. The Kier molecular flexibility index (Phi) is 6.91. The Morgan fingerprint density at radius 3 is 2.39 bits per heavy atom. The van der Waals surface area contributed by atoms with Gasteiger partial charge in [-0.2, -0.15) is 13.2 Å². The second-order valence-corrected chi connectivity index (χ2v) is 8.23. The Morgan fingerprint density at radius 1 is 1.21 bits per heavy atom. The van der Waals surface area contributed by atoms with Gasteiger partial charge in [0.25, 0.3) is 5.91 Å². The van der Waals surface area contributed by atoms with E-state index in [1.54, 1.807) is 36.2 Å². The zero-order chi connectivity index (χ0) is 24.6. The summed E-state index contributed by atoms with van der Waals surface area (Å²) in [6.07, 6.45) is -5.08. The predicted molar refractivity (Wildman–Crippen MR) is 110 cm³/mol. The number of fused-ring (bicyclic) bond motifs is 1. The molecule has 2 aliphatic heterocycles. The number of carboxylic acid groups (broad SMARTS) is 1. The summed E-state index contributed by atoms with van der Waals surface area (Å²) in [5.74, 6) is -2.69. The van der Waals surface area contributed by atoms with Gasteiger partial charge in [-0.15, -0.1) is 0 Å². The van der Waals surface area contributed by atoms with Crippen molar-refractivity contribution in [1.29, 1.82) is 0 Å². The summed E-state index contributed by atoms with van der Waals surface area (Å²) in [5.41, 5.74) is 0.222. The van der Waals surface area contributed by atoms with Gasteiger partial charge in [0, 0.05) is 24.0 Å². The molecule has 0 bridgehead atoms. The highest BCUT2D eigenvalue weighted by Gasteiger charge is 2.51. The molecular formula is C20H21ClF3N3O6. The first-order chi connectivity index (χ1) is 15.3. The molecule has 2 N–H and O–H groups in total. The van der Waals surface area contributed by atoms with Crippen molar-refractivity contribution in [1.82, 2.24) is 15.1 Å². The fourth-order valence-corrected chi connectivity index (χ4v) is 3.88. The number of ether oxygens (including phenoxy) is 1. The van der Waals surface area contributed by atoms with Crippen molar-refractivity contribution in [3.8, 4) is 0 Å². The van der Waals surface area contributed by atoms with E-state index in [-0.39, 0.29) is 17.9 Å². The summed E-state index contributed by atoms with van der Waals surface area (Å²) in [6.45, 7) is 1.88. The van der Waals surface area contributed by atoms with E-state index in [0.29, 0.717) is 42.6 Å². The minimum Gasteiger partial charge on any atom is -0.475 e. The predicted octanol–water partition coefficient (Wildman–Crippen LogP) is 1.99. The number of alkyl halides is 3. The Bertz CT molecular complexity index is 1070. The monoisotopic (exact) mass is 491 g/mol. The third-order valence-corrected chi connectivity index (χ3v) is 5.58. The summed E-state index contributed by atoms with van der Waals surface area (Å²) in [5, 5.41) is 11.2. The molecule has 0 radical (unpaired) electrons. The van der Waals surface area contributed by atoms with Crippen molar-refractivity contribution in [2.24, 2.45) is 0 Å². The molecule has 13 heteroatoms. The molecular weight excluding hydrogens is 471 g/mol. The molecule has 4 rings (SSSR count). The van der Waals surface area contributed by atoms with Crippen LogP contribution in [0, 0.1) is 0 Å². The highest BCUT2D eigenvalue weighted by atomic mass is 35.5. The quantitative estimate of drug-likeness (QED) is 0.660. The molecule has 0 saturated carbocycles. The van der Waals surface area contributed by atoms with Crippen LogP contribution in [0.15, 0.2) is 28.7 Å². The summed E-state index contributed by atoms with van der Waals surface area (Å²) >= 11 is 5.98. The zero-order valence-electron chi connectivity index (χ0n) is 17.6. The third-order valence-electron chi connectivity index (χ3n) is 5.34. The van der Waals surface area contributed by atoms with Gasteiger partial charge < -0.3 is 24.5 Å². The second kappa shape index (κ2) is 9.20. The molecule has 1 aromatic heterocycles. The first kappa shape index (κ1) is 24.8. The minimum atomic E-state index is -5.08. The molecule has 0 aliphatic carbocycles. The Balaban J connectivity index is 0.000000383. The van der Waals surface area contributed by atoms with Crippen LogP contribution in [0.1, 0.15) is 10.6 Å². The van der Waals surface area contributed by atoms with E-state index in [1.807, 2.05) is 11.9 Å². The number of nitrogens with one attached hydrogen (secondary N) is 1. The minimum absolute atomic E-state index is 0.0597. The number of likely N-dealkylation sites (N-methyl/N-ethyl adjacent to an activating group) is 2. The number of hydrogen-bond acceptors (Lipinski definition) is 6. The molecule has 33 heavy (non-hydrogen) atoms. The lowest BCUT2D eigenvalue weighted by molar-refractivity contribution is -0.192. The number of benzene rings is 1. The Labute approximate surface area is 191 Å². The summed E-state index contributed by atoms with van der Waals surface area (Å²) in [7, 11) is 3.52. The van der Waals surface area contributed by atoms with Crippen LogP contribution >= 0.6 is 11.6 Å². The van der Waals surface area contributed by atoms with Gasteiger partial charge in [0.2, 0.25) is 5.91 Å². The van der Waals surface area contributed by atoms with Crippen molar-refractivity contribution in [2.75, 3.05) is 40.3 Å². The van der Waals surface area contributed by atoms with Crippen LogP contribution in [0.4, 0.5) is 13.2 Å². The van der Waals surface area contributed by atoms with Crippen LogP contribution in [-0.4, -0.2) is 90.8 Å². The fraction of sp³-hybridized carbons (Fsp3) is 0.450. The molecule has 2 amide bonds. The van der Waals surface area contributed by atoms with E-state index in [4.69, 9.17) is 30.7 Å². The molecule has 2 aromatic rings. The number of halogens is 4. The van der Waals surface area contributed by atoms with E-state index >= 15 is 0 Å². The molecule has 2 saturated heterocycles. The molecule has 3 heterocycles. The van der Waals surface area contributed by atoms with Gasteiger partial charge in [0.05, 0.1) is 19.7 Å². The lowest BCUT2D eigenvalue weighted by Gasteiger charge is -2.54. The van der Waals surface area contributed by atoms with Gasteiger partial charge in [-0.05, 0) is 31.3 Å². The van der Waals surface area contributed by atoms with Crippen molar-refractivity contribution in [2.45, 2.75) is 17.8 Å². The van der Waals surface area contributed by atoms with E-state index in [1.165, 1.54) is 0 Å². The van der Waals surface area contributed by atoms with Gasteiger partial charge in [0.1, 0.15) is 17.2 Å². The molecule has 1 spiro atoms. The first-order valence-corrected chi connectivity index (χ1v) is 10.1. The summed E-state index contributed by atoms with van der Waals surface area (Å²) < 4.78 is 43.3. The lowest BCUT2D eigenvalue weighted by Crippen LogP contribution is -2.73. The van der Waals surface area contributed by atoms with E-state index in [0.717, 1.165) is 5.39 Å². The number of morpholine rings is 1. The van der Waals surface area contributed by atoms with Crippen LogP contribution in [0.25, 0.3) is 11.0 Å². The topological polar surface area (TPSA) is 112 Å². The summed E-state index contributed by atoms with van der Waals surface area (Å²) in [6, 6.07) is 6.67. The average molecular weight is 492 g/mol. The number of amides is 2.